The van der Waals surface area contributed by atoms with Crippen LogP contribution in [0.5, 0.6) is 0 Å². The molecule has 320 valence electrons. The molecule has 11 rings (SSSR count). The van der Waals surface area contributed by atoms with Gasteiger partial charge in [-0.2, -0.15) is 5.26 Å². The van der Waals surface area contributed by atoms with Crippen LogP contribution in [0.25, 0.3) is 67.2 Å². The summed E-state index contributed by atoms with van der Waals surface area (Å²) in [4.78, 5) is 15.7. The van der Waals surface area contributed by atoms with Gasteiger partial charge in [0.15, 0.2) is 17.5 Å². The molecule has 4 aliphatic rings. The molecule has 8 atom stereocenters. The van der Waals surface area contributed by atoms with Crippen LogP contribution < -0.4 is 0 Å². The minimum atomic E-state index is 0.262. The summed E-state index contributed by atoms with van der Waals surface area (Å²) in [5, 5.41) is 11.9. The van der Waals surface area contributed by atoms with Crippen LogP contribution in [0.1, 0.15) is 109 Å². The quantitative estimate of drug-likeness (QED) is 0.160. The third-order valence-corrected chi connectivity index (χ3v) is 16.1. The van der Waals surface area contributed by atoms with Crippen LogP contribution in [0.3, 0.4) is 0 Å². The standard InChI is InChI=1S/C60H60N4/c1-38-25-43-26-39(2)32-59(31-38,35-43)52-21-17-46(18-22-52)45-13-15-48(16-14-45)56-62-57(49-19-23-53(24-20-49)60-33-40(3)27-44(36-60)28-41(4)34-60)64-58(63-56)51-9-5-8-50(30-51)54-10-6-7-47-12-11-42(37-61)29-55(47)54/h5-24,29-30,38-41,43-44H,25-28,31-36H2,1-4H3/t38-,39+,40-,41+,43-,44-,59?,60?. The van der Waals surface area contributed by atoms with E-state index >= 15 is 0 Å². The maximum absolute atomic E-state index is 9.73. The van der Waals surface area contributed by atoms with Crippen LogP contribution in [0.2, 0.25) is 0 Å². The largest absolute Gasteiger partial charge is 0.208 e. The summed E-state index contributed by atoms with van der Waals surface area (Å²) in [5.74, 6) is 6.81. The molecule has 0 amide bonds. The fourth-order valence-electron chi connectivity index (χ4n) is 14.1. The topological polar surface area (TPSA) is 62.5 Å². The molecular weight excluding hydrogens is 777 g/mol. The molecule has 0 aliphatic heterocycles. The van der Waals surface area contributed by atoms with Gasteiger partial charge in [0.25, 0.3) is 0 Å². The van der Waals surface area contributed by atoms with Crippen molar-refractivity contribution in [1.29, 1.82) is 5.26 Å². The number of fused-ring (bicyclic) bond motifs is 5. The van der Waals surface area contributed by atoms with Gasteiger partial charge in [-0.15, -0.1) is 0 Å². The molecule has 4 heteroatoms. The summed E-state index contributed by atoms with van der Waals surface area (Å²) in [7, 11) is 0. The summed E-state index contributed by atoms with van der Waals surface area (Å²) in [6.07, 6.45) is 13.4. The highest BCUT2D eigenvalue weighted by Gasteiger charge is 2.46. The van der Waals surface area contributed by atoms with Crippen molar-refractivity contribution < 1.29 is 0 Å². The maximum atomic E-state index is 9.73. The smallest absolute Gasteiger partial charge is 0.164 e. The van der Waals surface area contributed by atoms with Crippen LogP contribution in [0.4, 0.5) is 0 Å². The summed E-state index contributed by atoms with van der Waals surface area (Å²) >= 11 is 0. The van der Waals surface area contributed by atoms with E-state index in [1.165, 1.54) is 86.5 Å². The van der Waals surface area contributed by atoms with Gasteiger partial charge in [0.05, 0.1) is 11.6 Å². The van der Waals surface area contributed by atoms with Gasteiger partial charge in [0.1, 0.15) is 0 Å². The Balaban J connectivity index is 0.951. The van der Waals surface area contributed by atoms with Crippen molar-refractivity contribution in [3.63, 3.8) is 0 Å². The summed E-state index contributed by atoms with van der Waals surface area (Å²) in [6, 6.07) is 50.7. The molecule has 64 heavy (non-hydrogen) atoms. The fourth-order valence-corrected chi connectivity index (χ4v) is 14.1. The monoisotopic (exact) mass is 836 g/mol. The molecule has 4 saturated carbocycles. The number of rotatable bonds is 7. The number of hydrogen-bond donors (Lipinski definition) is 0. The Hall–Kier alpha value is -5.92. The molecule has 0 N–H and O–H groups in total. The molecule has 2 unspecified atom stereocenters. The third kappa shape index (κ3) is 7.66. The van der Waals surface area contributed by atoms with E-state index < -0.39 is 0 Å². The van der Waals surface area contributed by atoms with Crippen LogP contribution >= 0.6 is 0 Å². The van der Waals surface area contributed by atoms with E-state index in [0.29, 0.717) is 28.5 Å². The molecule has 1 aromatic heterocycles. The molecule has 4 nitrogen and oxygen atoms in total. The van der Waals surface area contributed by atoms with E-state index in [-0.39, 0.29) is 5.41 Å². The Bertz CT molecular complexity index is 2850. The van der Waals surface area contributed by atoms with Crippen molar-refractivity contribution in [3.8, 4) is 62.5 Å². The van der Waals surface area contributed by atoms with Gasteiger partial charge in [-0.1, -0.05) is 143 Å². The molecule has 6 aromatic carbocycles. The van der Waals surface area contributed by atoms with Crippen molar-refractivity contribution in [3.05, 3.63) is 150 Å². The summed E-state index contributed by atoms with van der Waals surface area (Å²) < 4.78 is 0. The summed E-state index contributed by atoms with van der Waals surface area (Å²) in [6.45, 7) is 9.87. The Morgan fingerprint density at radius 2 is 0.875 bits per heavy atom. The van der Waals surface area contributed by atoms with Crippen LogP contribution in [0, 0.1) is 46.8 Å². The first-order chi connectivity index (χ1) is 31.1. The van der Waals surface area contributed by atoms with Gasteiger partial charge >= 0.3 is 0 Å². The molecule has 0 spiro atoms. The third-order valence-electron chi connectivity index (χ3n) is 16.1. The molecule has 4 fully saturated rings. The Morgan fingerprint density at radius 3 is 1.39 bits per heavy atom. The van der Waals surface area contributed by atoms with E-state index in [9.17, 15) is 5.26 Å². The molecule has 0 saturated heterocycles. The summed E-state index contributed by atoms with van der Waals surface area (Å²) in [5.41, 5.74) is 11.7. The molecule has 4 aliphatic carbocycles. The second-order valence-electron chi connectivity index (χ2n) is 21.4. The highest BCUT2D eigenvalue weighted by Crippen LogP contribution is 2.55. The van der Waals surface area contributed by atoms with Crippen LogP contribution in [-0.4, -0.2) is 15.0 Å². The average Bonchev–Trinajstić information content (AvgIpc) is 3.30. The van der Waals surface area contributed by atoms with Gasteiger partial charge in [0.2, 0.25) is 0 Å². The van der Waals surface area contributed by atoms with Gasteiger partial charge in [-0.05, 0) is 173 Å². The highest BCUT2D eigenvalue weighted by molar-refractivity contribution is 5.98. The lowest BCUT2D eigenvalue weighted by molar-refractivity contribution is 0.0779. The Kier molecular flexibility index (Phi) is 10.4. The number of nitriles is 1. The molecule has 0 radical (unpaired) electrons. The molecule has 7 aromatic rings. The maximum Gasteiger partial charge on any atom is 0.164 e. The second kappa shape index (κ2) is 16.3. The Morgan fingerprint density at radius 1 is 0.438 bits per heavy atom. The van der Waals surface area contributed by atoms with E-state index in [4.69, 9.17) is 15.0 Å². The average molecular weight is 837 g/mol. The zero-order valence-corrected chi connectivity index (χ0v) is 38.0. The minimum Gasteiger partial charge on any atom is -0.208 e. The van der Waals surface area contributed by atoms with E-state index in [1.54, 1.807) is 0 Å². The zero-order chi connectivity index (χ0) is 43.6. The number of benzene rings is 6. The van der Waals surface area contributed by atoms with Gasteiger partial charge in [0, 0.05) is 16.7 Å². The lowest BCUT2D eigenvalue weighted by Crippen LogP contribution is -2.42. The first-order valence-corrected chi connectivity index (χ1v) is 24.2. The molecule has 4 bridgehead atoms. The van der Waals surface area contributed by atoms with E-state index in [0.717, 1.165) is 74.1 Å². The van der Waals surface area contributed by atoms with Gasteiger partial charge < -0.3 is 0 Å². The van der Waals surface area contributed by atoms with Crippen molar-refractivity contribution in [2.45, 2.75) is 103 Å². The minimum absolute atomic E-state index is 0.262. The lowest BCUT2D eigenvalue weighted by atomic mass is 9.54. The Labute approximate surface area is 380 Å². The number of aromatic nitrogens is 3. The predicted octanol–water partition coefficient (Wildman–Crippen LogP) is 15.4. The number of hydrogen-bond acceptors (Lipinski definition) is 4. The fraction of sp³-hybridized carbons (Fsp3) is 0.367. The first kappa shape index (κ1) is 40.8. The SMILES string of the molecule is C[C@@H]1C[C@@H]2C[C@H](C)CC(c3ccc(-c4ccc(-c5nc(-c6ccc(C78C[C@H](C)C[C@H](C[C@H](C)C7)C8)cc6)nc(-c6cccc(-c7cccc8ccc(C#N)cc78)c6)n5)cc4)cc3)(C1)C2. The van der Waals surface area contributed by atoms with Crippen LogP contribution in [-0.2, 0) is 10.8 Å². The lowest BCUT2D eigenvalue weighted by Gasteiger charge is -2.50. The highest BCUT2D eigenvalue weighted by atomic mass is 15.0. The van der Waals surface area contributed by atoms with Gasteiger partial charge in [-0.25, -0.2) is 15.0 Å². The van der Waals surface area contributed by atoms with Crippen molar-refractivity contribution in [2.75, 3.05) is 0 Å². The van der Waals surface area contributed by atoms with E-state index in [2.05, 4.69) is 149 Å². The predicted molar refractivity (Wildman–Crippen MR) is 262 cm³/mol. The second-order valence-corrected chi connectivity index (χ2v) is 21.4. The van der Waals surface area contributed by atoms with Gasteiger partial charge in [-0.3, -0.25) is 0 Å². The van der Waals surface area contributed by atoms with E-state index in [1.807, 2.05) is 18.2 Å². The molecular formula is C60H60N4. The van der Waals surface area contributed by atoms with Crippen molar-refractivity contribution >= 4 is 10.8 Å². The van der Waals surface area contributed by atoms with Crippen molar-refractivity contribution in [1.82, 2.24) is 15.0 Å². The number of nitrogens with zero attached hydrogens (tertiary/aromatic N) is 4. The first-order valence-electron chi connectivity index (χ1n) is 24.2. The normalized spacial score (nSPS) is 27.5. The zero-order valence-electron chi connectivity index (χ0n) is 38.0. The molecule has 1 heterocycles. The van der Waals surface area contributed by atoms with Crippen molar-refractivity contribution in [2.24, 2.45) is 35.5 Å². The van der Waals surface area contributed by atoms with Crippen LogP contribution in [0.15, 0.2) is 133 Å².